The summed E-state index contributed by atoms with van der Waals surface area (Å²) in [4.78, 5) is 4.74. The molecule has 1 aromatic carbocycles. The highest BCUT2D eigenvalue weighted by Crippen LogP contribution is 2.30. The molecule has 0 aliphatic carbocycles. The third kappa shape index (κ3) is 2.75. The second kappa shape index (κ2) is 5.93. The first-order chi connectivity index (χ1) is 11.3. The Morgan fingerprint density at radius 3 is 2.87 bits per heavy atom. The minimum Gasteiger partial charge on any atom is -0.508 e. The van der Waals surface area contributed by atoms with Crippen molar-refractivity contribution in [3.63, 3.8) is 0 Å². The van der Waals surface area contributed by atoms with E-state index < -0.39 is 0 Å². The van der Waals surface area contributed by atoms with Gasteiger partial charge in [-0.2, -0.15) is 0 Å². The van der Waals surface area contributed by atoms with Crippen molar-refractivity contribution in [2.45, 2.75) is 18.9 Å². The first-order valence-corrected chi connectivity index (χ1v) is 7.93. The molecule has 4 rings (SSSR count). The molecule has 2 N–H and O–H groups in total. The summed E-state index contributed by atoms with van der Waals surface area (Å²) in [6.45, 7) is 1.62. The van der Waals surface area contributed by atoms with Crippen LogP contribution in [0.4, 0.5) is 5.82 Å². The summed E-state index contributed by atoms with van der Waals surface area (Å²) in [7, 11) is 0. The molecule has 0 unspecified atom stereocenters. The minimum absolute atomic E-state index is 0.256. The molecule has 0 spiro atoms. The Balaban J connectivity index is 1.72. The molecular weight excluding hydrogens is 290 g/mol. The smallest absolute Gasteiger partial charge is 0.139 e. The summed E-state index contributed by atoms with van der Waals surface area (Å²) in [6, 6.07) is 13.1. The molecule has 5 heteroatoms. The van der Waals surface area contributed by atoms with Gasteiger partial charge in [0.2, 0.25) is 0 Å². The van der Waals surface area contributed by atoms with E-state index >= 15 is 0 Å². The molecule has 3 aromatic rings. The fourth-order valence-electron chi connectivity index (χ4n) is 3.00. The second-order valence-corrected chi connectivity index (χ2v) is 5.80. The maximum atomic E-state index is 9.50. The zero-order valence-corrected chi connectivity index (χ0v) is 12.8. The largest absolute Gasteiger partial charge is 0.508 e. The van der Waals surface area contributed by atoms with Crippen LogP contribution < -0.4 is 5.32 Å². The molecule has 0 saturated carbocycles. The molecule has 0 radical (unpaired) electrons. The normalized spacial score (nSPS) is 17.7. The number of hydrogen-bond donors (Lipinski definition) is 2. The lowest BCUT2D eigenvalue weighted by Gasteiger charge is -2.13. The van der Waals surface area contributed by atoms with Gasteiger partial charge in [-0.05, 0) is 49.2 Å². The van der Waals surface area contributed by atoms with E-state index in [1.807, 2.05) is 36.5 Å². The van der Waals surface area contributed by atoms with E-state index in [9.17, 15) is 5.11 Å². The van der Waals surface area contributed by atoms with E-state index in [-0.39, 0.29) is 11.9 Å². The van der Waals surface area contributed by atoms with Gasteiger partial charge in [0.25, 0.3) is 0 Å². The van der Waals surface area contributed by atoms with Crippen LogP contribution in [0.25, 0.3) is 16.9 Å². The lowest BCUT2D eigenvalue weighted by molar-refractivity contribution is 0.120. The molecule has 0 amide bonds. The standard InChI is InChI=1S/C18H19N3O2/c22-14-8-6-13(7-9-14)17-18(19-12-15-4-3-11-23-15)21-10-2-1-5-16(21)20-17/h1-2,5-10,15,19,22H,3-4,11-12H2/t15-/m0/s1. The molecule has 1 saturated heterocycles. The van der Waals surface area contributed by atoms with Crippen LogP contribution in [-0.2, 0) is 4.74 Å². The van der Waals surface area contributed by atoms with Gasteiger partial charge >= 0.3 is 0 Å². The Bertz CT molecular complexity index is 805. The molecule has 1 fully saturated rings. The Morgan fingerprint density at radius 1 is 1.22 bits per heavy atom. The third-order valence-corrected chi connectivity index (χ3v) is 4.19. The lowest BCUT2D eigenvalue weighted by Crippen LogP contribution is -2.19. The maximum Gasteiger partial charge on any atom is 0.139 e. The van der Waals surface area contributed by atoms with E-state index in [0.717, 1.165) is 48.7 Å². The number of hydrogen-bond acceptors (Lipinski definition) is 4. The zero-order valence-electron chi connectivity index (χ0n) is 12.8. The number of anilines is 1. The Kier molecular flexibility index (Phi) is 3.63. The highest BCUT2D eigenvalue weighted by Gasteiger charge is 2.18. The SMILES string of the molecule is Oc1ccc(-c2nc3ccccn3c2NC[C@@H]2CCCO2)cc1. The van der Waals surface area contributed by atoms with Crippen LogP contribution in [0.15, 0.2) is 48.7 Å². The first kappa shape index (κ1) is 14.1. The Hall–Kier alpha value is -2.53. The molecule has 1 atom stereocenters. The molecule has 5 nitrogen and oxygen atoms in total. The average molecular weight is 309 g/mol. The topological polar surface area (TPSA) is 58.8 Å². The molecule has 0 bridgehead atoms. The number of nitrogens with one attached hydrogen (secondary N) is 1. The molecule has 2 aromatic heterocycles. The molecular formula is C18H19N3O2. The highest BCUT2D eigenvalue weighted by molar-refractivity contribution is 5.76. The van der Waals surface area contributed by atoms with Crippen LogP contribution in [0, 0.1) is 0 Å². The number of rotatable bonds is 4. The van der Waals surface area contributed by atoms with Gasteiger partial charge < -0.3 is 15.2 Å². The number of phenols is 1. The van der Waals surface area contributed by atoms with Crippen molar-refractivity contribution < 1.29 is 9.84 Å². The van der Waals surface area contributed by atoms with Crippen molar-refractivity contribution in [1.82, 2.24) is 9.38 Å². The van der Waals surface area contributed by atoms with Gasteiger partial charge in [0.1, 0.15) is 22.9 Å². The summed E-state index contributed by atoms with van der Waals surface area (Å²) >= 11 is 0. The number of aromatic nitrogens is 2. The van der Waals surface area contributed by atoms with Crippen molar-refractivity contribution in [2.75, 3.05) is 18.5 Å². The number of ether oxygens (including phenoxy) is 1. The van der Waals surface area contributed by atoms with E-state index in [4.69, 9.17) is 9.72 Å². The quantitative estimate of drug-likeness (QED) is 0.776. The molecule has 3 heterocycles. The third-order valence-electron chi connectivity index (χ3n) is 4.19. The maximum absolute atomic E-state index is 9.50. The highest BCUT2D eigenvalue weighted by atomic mass is 16.5. The predicted molar refractivity (Wildman–Crippen MR) is 89.8 cm³/mol. The van der Waals surface area contributed by atoms with Gasteiger partial charge in [-0.15, -0.1) is 0 Å². The zero-order chi connectivity index (χ0) is 15.6. The van der Waals surface area contributed by atoms with Crippen molar-refractivity contribution >= 4 is 11.5 Å². The molecule has 23 heavy (non-hydrogen) atoms. The lowest BCUT2D eigenvalue weighted by atomic mass is 10.1. The Labute approximate surface area is 134 Å². The fraction of sp³-hybridized carbons (Fsp3) is 0.278. The summed E-state index contributed by atoms with van der Waals surface area (Å²) < 4.78 is 7.75. The number of phenolic OH excluding ortho intramolecular Hbond substituents is 1. The van der Waals surface area contributed by atoms with Gasteiger partial charge in [-0.1, -0.05) is 6.07 Å². The van der Waals surface area contributed by atoms with Gasteiger partial charge in [0.15, 0.2) is 0 Å². The van der Waals surface area contributed by atoms with Crippen molar-refractivity contribution in [3.05, 3.63) is 48.7 Å². The minimum atomic E-state index is 0.256. The van der Waals surface area contributed by atoms with E-state index in [1.54, 1.807) is 12.1 Å². The summed E-state index contributed by atoms with van der Waals surface area (Å²) in [6.07, 6.45) is 4.49. The van der Waals surface area contributed by atoms with Crippen LogP contribution in [0.5, 0.6) is 5.75 Å². The van der Waals surface area contributed by atoms with E-state index in [0.29, 0.717) is 0 Å². The van der Waals surface area contributed by atoms with Crippen LogP contribution >= 0.6 is 0 Å². The summed E-state index contributed by atoms with van der Waals surface area (Å²) in [5, 5.41) is 13.0. The van der Waals surface area contributed by atoms with E-state index in [1.165, 1.54) is 0 Å². The van der Waals surface area contributed by atoms with Crippen LogP contribution in [-0.4, -0.2) is 33.7 Å². The Morgan fingerprint density at radius 2 is 2.09 bits per heavy atom. The second-order valence-electron chi connectivity index (χ2n) is 5.80. The number of nitrogens with zero attached hydrogens (tertiary/aromatic N) is 2. The van der Waals surface area contributed by atoms with Crippen molar-refractivity contribution in [1.29, 1.82) is 0 Å². The first-order valence-electron chi connectivity index (χ1n) is 7.93. The van der Waals surface area contributed by atoms with E-state index in [2.05, 4.69) is 9.72 Å². The number of imidazole rings is 1. The van der Waals surface area contributed by atoms with Gasteiger partial charge in [0.05, 0.1) is 6.10 Å². The molecule has 118 valence electrons. The van der Waals surface area contributed by atoms with Crippen molar-refractivity contribution in [3.8, 4) is 17.0 Å². The fourth-order valence-corrected chi connectivity index (χ4v) is 3.00. The van der Waals surface area contributed by atoms with Crippen molar-refractivity contribution in [2.24, 2.45) is 0 Å². The van der Waals surface area contributed by atoms with Gasteiger partial charge in [-0.3, -0.25) is 4.40 Å². The average Bonchev–Trinajstić information content (AvgIpc) is 3.21. The number of fused-ring (bicyclic) bond motifs is 1. The van der Waals surface area contributed by atoms with Crippen LogP contribution in [0.3, 0.4) is 0 Å². The van der Waals surface area contributed by atoms with Crippen LogP contribution in [0.2, 0.25) is 0 Å². The van der Waals surface area contributed by atoms with Crippen LogP contribution in [0.1, 0.15) is 12.8 Å². The van der Waals surface area contributed by atoms with Gasteiger partial charge in [0, 0.05) is 24.9 Å². The molecule has 1 aliphatic rings. The van der Waals surface area contributed by atoms with Gasteiger partial charge in [-0.25, -0.2) is 4.98 Å². The number of aromatic hydroxyl groups is 1. The predicted octanol–water partition coefficient (Wildman–Crippen LogP) is 3.30. The molecule has 1 aliphatic heterocycles. The summed E-state index contributed by atoms with van der Waals surface area (Å²) in [5.74, 6) is 1.22. The summed E-state index contributed by atoms with van der Waals surface area (Å²) in [5.41, 5.74) is 2.75. The monoisotopic (exact) mass is 309 g/mol. The number of benzene rings is 1. The number of pyridine rings is 1.